The van der Waals surface area contributed by atoms with Gasteiger partial charge in [-0.1, -0.05) is 69.2 Å². The minimum absolute atomic E-state index is 0.101. The minimum atomic E-state index is -0.686. The summed E-state index contributed by atoms with van der Waals surface area (Å²) in [7, 11) is 1.24. The lowest BCUT2D eigenvalue weighted by atomic mass is 10.1. The summed E-state index contributed by atoms with van der Waals surface area (Å²) in [5.74, 6) is -0.686. The van der Waals surface area contributed by atoms with Gasteiger partial charge in [0.05, 0.1) is 7.11 Å². The molecule has 0 bridgehead atoms. The molecule has 134 valence electrons. The first kappa shape index (κ1) is 19.0. The second-order valence-electron chi connectivity index (χ2n) is 5.50. The molecule has 5 nitrogen and oxygen atoms in total. The van der Waals surface area contributed by atoms with Gasteiger partial charge in [0.1, 0.15) is 5.70 Å². The predicted molar refractivity (Wildman–Crippen MR) is 111 cm³/mol. The van der Waals surface area contributed by atoms with Crippen LogP contribution in [-0.4, -0.2) is 13.1 Å². The molecular formula is C20H14BrN3O2S. The average molecular weight is 440 g/mol. The number of esters is 1. The van der Waals surface area contributed by atoms with Crippen LogP contribution in [0.3, 0.4) is 0 Å². The summed E-state index contributed by atoms with van der Waals surface area (Å²) in [5.41, 5.74) is 9.22. The SMILES string of the molecule is COC(=O)/C(=C/c1ccc(Sc2ccc3ccccc3c2)cc1Br)N=[N+]=[N-]. The number of azide groups is 1. The first-order valence-electron chi connectivity index (χ1n) is 7.92. The Kier molecular flexibility index (Phi) is 6.19. The number of hydrogen-bond acceptors (Lipinski definition) is 4. The zero-order valence-electron chi connectivity index (χ0n) is 14.3. The van der Waals surface area contributed by atoms with Gasteiger partial charge in [0.2, 0.25) is 0 Å². The third kappa shape index (κ3) is 4.71. The smallest absolute Gasteiger partial charge is 0.340 e. The molecule has 3 aromatic rings. The van der Waals surface area contributed by atoms with Crippen molar-refractivity contribution in [3.05, 3.63) is 86.8 Å². The summed E-state index contributed by atoms with van der Waals surface area (Å²) < 4.78 is 5.40. The fourth-order valence-electron chi connectivity index (χ4n) is 2.48. The fraction of sp³-hybridized carbons (Fsp3) is 0.0500. The summed E-state index contributed by atoms with van der Waals surface area (Å²) in [4.78, 5) is 16.5. The van der Waals surface area contributed by atoms with Crippen LogP contribution >= 0.6 is 27.7 Å². The van der Waals surface area contributed by atoms with Crippen molar-refractivity contribution < 1.29 is 9.53 Å². The lowest BCUT2D eigenvalue weighted by Crippen LogP contribution is -2.02. The number of ether oxygens (including phenoxy) is 1. The van der Waals surface area contributed by atoms with Crippen molar-refractivity contribution in [2.24, 2.45) is 5.11 Å². The minimum Gasteiger partial charge on any atom is -0.466 e. The topological polar surface area (TPSA) is 75.1 Å². The van der Waals surface area contributed by atoms with E-state index in [1.165, 1.54) is 24.0 Å². The second-order valence-corrected chi connectivity index (χ2v) is 7.51. The number of nitrogens with zero attached hydrogens (tertiary/aromatic N) is 3. The number of hydrogen-bond donors (Lipinski definition) is 0. The molecule has 3 rings (SSSR count). The average Bonchev–Trinajstić information content (AvgIpc) is 2.68. The molecule has 0 radical (unpaired) electrons. The van der Waals surface area contributed by atoms with Crippen LogP contribution in [0.4, 0.5) is 0 Å². The van der Waals surface area contributed by atoms with E-state index in [1.54, 1.807) is 11.8 Å². The van der Waals surface area contributed by atoms with Gasteiger partial charge in [-0.15, -0.1) is 0 Å². The van der Waals surface area contributed by atoms with Gasteiger partial charge in [0.25, 0.3) is 0 Å². The largest absolute Gasteiger partial charge is 0.466 e. The Balaban J connectivity index is 1.87. The number of halogens is 1. The lowest BCUT2D eigenvalue weighted by Gasteiger charge is -2.07. The van der Waals surface area contributed by atoms with E-state index >= 15 is 0 Å². The third-order valence-electron chi connectivity index (χ3n) is 3.77. The maximum atomic E-state index is 11.7. The molecule has 0 unspecified atom stereocenters. The van der Waals surface area contributed by atoms with Gasteiger partial charge in [-0.3, -0.25) is 0 Å². The van der Waals surface area contributed by atoms with Crippen LogP contribution in [0.1, 0.15) is 5.56 Å². The first-order chi connectivity index (χ1) is 13.1. The van der Waals surface area contributed by atoms with Crippen molar-refractivity contribution in [2.75, 3.05) is 7.11 Å². The van der Waals surface area contributed by atoms with Crippen molar-refractivity contribution >= 4 is 50.5 Å². The lowest BCUT2D eigenvalue weighted by molar-refractivity contribution is -0.136. The maximum Gasteiger partial charge on any atom is 0.340 e. The molecular weight excluding hydrogens is 426 g/mol. The number of fused-ring (bicyclic) bond motifs is 1. The van der Waals surface area contributed by atoms with Gasteiger partial charge in [-0.25, -0.2) is 4.79 Å². The molecule has 0 amide bonds. The Labute approximate surface area is 168 Å². The van der Waals surface area contributed by atoms with E-state index in [-0.39, 0.29) is 5.70 Å². The Hall–Kier alpha value is -2.73. The van der Waals surface area contributed by atoms with Crippen LogP contribution in [-0.2, 0) is 9.53 Å². The Morgan fingerprint density at radius 2 is 1.81 bits per heavy atom. The zero-order valence-corrected chi connectivity index (χ0v) is 16.7. The number of methoxy groups -OCH3 is 1. The molecule has 3 aromatic carbocycles. The Morgan fingerprint density at radius 1 is 1.11 bits per heavy atom. The van der Waals surface area contributed by atoms with E-state index in [0.717, 1.165) is 14.3 Å². The summed E-state index contributed by atoms with van der Waals surface area (Å²) >= 11 is 5.15. The molecule has 0 N–H and O–H groups in total. The van der Waals surface area contributed by atoms with E-state index in [2.05, 4.69) is 61.0 Å². The van der Waals surface area contributed by atoms with E-state index in [9.17, 15) is 4.79 Å². The highest BCUT2D eigenvalue weighted by atomic mass is 79.9. The Morgan fingerprint density at radius 3 is 2.52 bits per heavy atom. The molecule has 0 heterocycles. The standard InChI is InChI=1S/C20H14BrN3O2S/c1-26-20(25)19(23-24-22)11-15-7-9-17(12-18(15)21)27-16-8-6-13-4-2-3-5-14(13)10-16/h2-12H,1H3/b19-11-. The van der Waals surface area contributed by atoms with Crippen LogP contribution in [0.15, 0.2) is 85.7 Å². The van der Waals surface area contributed by atoms with Crippen LogP contribution in [0.25, 0.3) is 27.3 Å². The normalized spacial score (nSPS) is 11.1. The quantitative estimate of drug-likeness (QED) is 0.148. The molecule has 0 atom stereocenters. The molecule has 0 aliphatic heterocycles. The zero-order chi connectivity index (χ0) is 19.2. The van der Waals surface area contributed by atoms with E-state index in [4.69, 9.17) is 5.53 Å². The monoisotopic (exact) mass is 439 g/mol. The Bertz CT molecular complexity index is 1090. The number of rotatable bonds is 5. The van der Waals surface area contributed by atoms with Crippen molar-refractivity contribution in [3.63, 3.8) is 0 Å². The first-order valence-corrected chi connectivity index (χ1v) is 9.53. The number of carbonyl (C=O) groups excluding carboxylic acids is 1. The predicted octanol–water partition coefficient (Wildman–Crippen LogP) is 6.58. The van der Waals surface area contributed by atoms with Crippen LogP contribution < -0.4 is 0 Å². The highest BCUT2D eigenvalue weighted by molar-refractivity contribution is 9.10. The second kappa shape index (κ2) is 8.77. The van der Waals surface area contributed by atoms with Crippen LogP contribution in [0, 0.1) is 0 Å². The van der Waals surface area contributed by atoms with Crippen LogP contribution in [0.2, 0.25) is 0 Å². The van der Waals surface area contributed by atoms with Gasteiger partial charge in [-0.05, 0) is 52.2 Å². The van der Waals surface area contributed by atoms with E-state index < -0.39 is 5.97 Å². The molecule has 27 heavy (non-hydrogen) atoms. The van der Waals surface area contributed by atoms with Gasteiger partial charge >= 0.3 is 5.97 Å². The van der Waals surface area contributed by atoms with Crippen LogP contribution in [0.5, 0.6) is 0 Å². The van der Waals surface area contributed by atoms with Gasteiger partial charge in [0, 0.05) is 19.2 Å². The summed E-state index contributed by atoms with van der Waals surface area (Å²) in [6.45, 7) is 0. The fourth-order valence-corrected chi connectivity index (χ4v) is 4.04. The molecule has 0 spiro atoms. The summed E-state index contributed by atoms with van der Waals surface area (Å²) in [6, 6.07) is 20.3. The molecule has 0 aliphatic carbocycles. The van der Waals surface area contributed by atoms with Crippen molar-refractivity contribution in [1.29, 1.82) is 0 Å². The number of carbonyl (C=O) groups is 1. The maximum absolute atomic E-state index is 11.7. The number of benzene rings is 3. The molecule has 0 fully saturated rings. The van der Waals surface area contributed by atoms with Crippen molar-refractivity contribution in [2.45, 2.75) is 9.79 Å². The van der Waals surface area contributed by atoms with E-state index in [1.807, 2.05) is 30.3 Å². The molecule has 0 aliphatic rings. The molecule has 7 heteroatoms. The molecule has 0 saturated carbocycles. The van der Waals surface area contributed by atoms with E-state index in [0.29, 0.717) is 5.56 Å². The summed E-state index contributed by atoms with van der Waals surface area (Å²) in [5, 5.41) is 5.79. The molecule has 0 aromatic heterocycles. The highest BCUT2D eigenvalue weighted by Gasteiger charge is 2.09. The third-order valence-corrected chi connectivity index (χ3v) is 5.43. The van der Waals surface area contributed by atoms with Crippen molar-refractivity contribution in [3.8, 4) is 0 Å². The highest BCUT2D eigenvalue weighted by Crippen LogP contribution is 2.33. The molecule has 0 saturated heterocycles. The summed E-state index contributed by atoms with van der Waals surface area (Å²) in [6.07, 6.45) is 1.49. The van der Waals surface area contributed by atoms with Gasteiger partial charge in [0.15, 0.2) is 0 Å². The van der Waals surface area contributed by atoms with Gasteiger partial charge < -0.3 is 4.74 Å². The van der Waals surface area contributed by atoms with Crippen molar-refractivity contribution in [1.82, 2.24) is 0 Å². The van der Waals surface area contributed by atoms with Gasteiger partial charge in [-0.2, -0.15) is 0 Å².